The number of carbonyl (C=O) groups is 1. The van der Waals surface area contributed by atoms with E-state index in [1.54, 1.807) is 0 Å². The number of aromatic nitrogens is 3. The summed E-state index contributed by atoms with van der Waals surface area (Å²) in [4.78, 5) is 15.3. The number of benzene rings is 2. The zero-order valence-electron chi connectivity index (χ0n) is 16.5. The van der Waals surface area contributed by atoms with Crippen LogP contribution in [-0.2, 0) is 4.79 Å². The Kier molecular flexibility index (Phi) is 5.85. The number of thioether (sulfide) groups is 1. The monoisotopic (exact) mass is 407 g/mol. The molecule has 1 amide bonds. The largest absolute Gasteiger partial charge is 0.341 e. The van der Waals surface area contributed by atoms with Crippen LogP contribution in [0.1, 0.15) is 35.6 Å². The summed E-state index contributed by atoms with van der Waals surface area (Å²) in [6.07, 6.45) is 3.30. The van der Waals surface area contributed by atoms with Crippen molar-refractivity contribution in [2.24, 2.45) is 0 Å². The van der Waals surface area contributed by atoms with Gasteiger partial charge in [-0.3, -0.25) is 4.79 Å². The Hall–Kier alpha value is -2.80. The maximum atomic E-state index is 13.3. The fourth-order valence-electron chi connectivity index (χ4n) is 3.53. The van der Waals surface area contributed by atoms with Crippen LogP contribution in [0.5, 0.6) is 0 Å². The number of hydrogen-bond donors (Lipinski definition) is 1. The molecule has 6 nitrogen and oxygen atoms in total. The summed E-state index contributed by atoms with van der Waals surface area (Å²) >= 11 is 1.36. The van der Waals surface area contributed by atoms with Gasteiger partial charge < -0.3 is 10.7 Å². The molecule has 2 N–H and O–H groups in total. The second kappa shape index (κ2) is 8.69. The fraction of sp³-hybridized carbons (Fsp3) is 0.318. The first-order valence-electron chi connectivity index (χ1n) is 9.91. The van der Waals surface area contributed by atoms with Crippen molar-refractivity contribution in [1.82, 2.24) is 19.8 Å². The molecule has 1 aromatic heterocycles. The molecule has 0 aliphatic carbocycles. The smallest absolute Gasteiger partial charge is 0.240 e. The van der Waals surface area contributed by atoms with E-state index < -0.39 is 5.25 Å². The molecular formula is C22H25N5OS. The molecule has 29 heavy (non-hydrogen) atoms. The number of hydrogen-bond acceptors (Lipinski definition) is 5. The Bertz CT molecular complexity index is 965. The predicted molar refractivity (Wildman–Crippen MR) is 116 cm³/mol. The van der Waals surface area contributed by atoms with E-state index in [1.165, 1.54) is 28.4 Å². The number of nitrogens with two attached hydrogens (primary N) is 1. The molecule has 1 atom stereocenters. The van der Waals surface area contributed by atoms with E-state index >= 15 is 0 Å². The molecule has 150 valence electrons. The molecule has 4 rings (SSSR count). The first kappa shape index (κ1) is 19.5. The summed E-state index contributed by atoms with van der Waals surface area (Å²) in [6.45, 7) is 3.66. The minimum Gasteiger partial charge on any atom is -0.341 e. The quantitative estimate of drug-likeness (QED) is 0.514. The van der Waals surface area contributed by atoms with Gasteiger partial charge in [0.05, 0.1) is 0 Å². The summed E-state index contributed by atoms with van der Waals surface area (Å²) in [5, 5.41) is 8.69. The van der Waals surface area contributed by atoms with Gasteiger partial charge in [-0.05, 0) is 31.7 Å². The van der Waals surface area contributed by atoms with E-state index in [-0.39, 0.29) is 5.91 Å². The highest BCUT2D eigenvalue weighted by molar-refractivity contribution is 8.00. The Labute approximate surface area is 175 Å². The highest BCUT2D eigenvalue weighted by Gasteiger charge is 2.30. The summed E-state index contributed by atoms with van der Waals surface area (Å²) in [5.74, 6) is 7.02. The molecule has 2 aromatic carbocycles. The molecule has 1 fully saturated rings. The minimum atomic E-state index is -0.397. The van der Waals surface area contributed by atoms with Crippen LogP contribution >= 0.6 is 11.8 Å². The van der Waals surface area contributed by atoms with E-state index in [0.717, 1.165) is 37.1 Å². The molecule has 1 aliphatic heterocycles. The topological polar surface area (TPSA) is 77.0 Å². The van der Waals surface area contributed by atoms with Crippen molar-refractivity contribution >= 4 is 17.7 Å². The van der Waals surface area contributed by atoms with E-state index in [1.807, 2.05) is 66.4 Å². The van der Waals surface area contributed by atoms with Crippen LogP contribution in [0.4, 0.5) is 0 Å². The van der Waals surface area contributed by atoms with Gasteiger partial charge in [-0.25, -0.2) is 4.68 Å². The number of carbonyl (C=O) groups excluding carboxylic acids is 1. The minimum absolute atomic E-state index is 0.112. The summed E-state index contributed by atoms with van der Waals surface area (Å²) in [5.41, 5.74) is 3.02. The lowest BCUT2D eigenvalue weighted by Crippen LogP contribution is -2.38. The molecule has 0 unspecified atom stereocenters. The van der Waals surface area contributed by atoms with Gasteiger partial charge in [0.2, 0.25) is 11.1 Å². The number of nitrogen functional groups attached to an aromatic ring is 1. The molecule has 0 bridgehead atoms. The standard InChI is InChI=1S/C22H25N5OS/c1-16-10-12-18(13-11-16)20-24-25-22(27(20)23)29-19(17-8-4-2-5-9-17)21(28)26-14-6-3-7-15-26/h2,4-5,8-13,19H,3,6-7,14-15,23H2,1H3/t19-/m1/s1. The first-order chi connectivity index (χ1) is 14.1. The van der Waals surface area contributed by atoms with Crippen molar-refractivity contribution < 1.29 is 4.79 Å². The number of piperidine rings is 1. The molecule has 2 heterocycles. The second-order valence-corrected chi connectivity index (χ2v) is 8.41. The van der Waals surface area contributed by atoms with Gasteiger partial charge in [-0.2, -0.15) is 0 Å². The maximum absolute atomic E-state index is 13.3. The third kappa shape index (κ3) is 4.29. The molecule has 1 aliphatic rings. The number of rotatable bonds is 5. The molecule has 0 radical (unpaired) electrons. The molecule has 0 saturated carbocycles. The lowest BCUT2D eigenvalue weighted by Gasteiger charge is -2.30. The molecule has 3 aromatic rings. The SMILES string of the molecule is Cc1ccc(-c2nnc(S[C@@H](C(=O)N3CCCCC3)c3ccccc3)n2N)cc1. The number of likely N-dealkylation sites (tertiary alicyclic amines) is 1. The van der Waals surface area contributed by atoms with Crippen molar-refractivity contribution in [2.75, 3.05) is 18.9 Å². The predicted octanol–water partition coefficient (Wildman–Crippen LogP) is 3.81. The van der Waals surface area contributed by atoms with Crippen LogP contribution in [0.15, 0.2) is 59.8 Å². The Balaban J connectivity index is 1.62. The highest BCUT2D eigenvalue weighted by Crippen LogP contribution is 2.37. The average molecular weight is 408 g/mol. The second-order valence-electron chi connectivity index (χ2n) is 7.34. The summed E-state index contributed by atoms with van der Waals surface area (Å²) < 4.78 is 1.48. The van der Waals surface area contributed by atoms with Gasteiger partial charge in [0.25, 0.3) is 0 Å². The zero-order valence-corrected chi connectivity index (χ0v) is 17.3. The molecule has 1 saturated heterocycles. The number of nitrogens with zero attached hydrogens (tertiary/aromatic N) is 4. The molecule has 0 spiro atoms. The lowest BCUT2D eigenvalue weighted by molar-refractivity contribution is -0.131. The first-order valence-corrected chi connectivity index (χ1v) is 10.8. The van der Waals surface area contributed by atoms with Gasteiger partial charge in [0.1, 0.15) is 5.25 Å². The lowest BCUT2D eigenvalue weighted by atomic mass is 10.1. The average Bonchev–Trinajstić information content (AvgIpc) is 3.13. The van der Waals surface area contributed by atoms with Gasteiger partial charge >= 0.3 is 0 Å². The maximum Gasteiger partial charge on any atom is 0.240 e. The van der Waals surface area contributed by atoms with Crippen LogP contribution < -0.4 is 5.84 Å². The Morgan fingerprint density at radius 1 is 1.00 bits per heavy atom. The summed E-state index contributed by atoms with van der Waals surface area (Å²) in [7, 11) is 0. The Morgan fingerprint density at radius 2 is 1.69 bits per heavy atom. The number of amides is 1. The Morgan fingerprint density at radius 3 is 2.38 bits per heavy atom. The summed E-state index contributed by atoms with van der Waals surface area (Å²) in [6, 6.07) is 17.8. The zero-order chi connectivity index (χ0) is 20.2. The van der Waals surface area contributed by atoms with E-state index in [2.05, 4.69) is 10.2 Å². The molecular weight excluding hydrogens is 382 g/mol. The van der Waals surface area contributed by atoms with Crippen molar-refractivity contribution in [3.05, 3.63) is 65.7 Å². The van der Waals surface area contributed by atoms with Crippen LogP contribution in [0.3, 0.4) is 0 Å². The van der Waals surface area contributed by atoms with Crippen molar-refractivity contribution in [3.63, 3.8) is 0 Å². The van der Waals surface area contributed by atoms with Crippen LogP contribution in [-0.4, -0.2) is 38.8 Å². The fourth-order valence-corrected chi connectivity index (χ4v) is 4.57. The van der Waals surface area contributed by atoms with Gasteiger partial charge in [0.15, 0.2) is 5.82 Å². The van der Waals surface area contributed by atoms with E-state index in [4.69, 9.17) is 5.84 Å². The third-order valence-corrected chi connectivity index (χ3v) is 6.39. The van der Waals surface area contributed by atoms with Crippen molar-refractivity contribution in [2.45, 2.75) is 36.6 Å². The normalized spacial score (nSPS) is 15.3. The third-order valence-electron chi connectivity index (χ3n) is 5.19. The van der Waals surface area contributed by atoms with E-state index in [9.17, 15) is 4.79 Å². The van der Waals surface area contributed by atoms with Gasteiger partial charge in [-0.15, -0.1) is 10.2 Å². The van der Waals surface area contributed by atoms with Gasteiger partial charge in [-0.1, -0.05) is 71.9 Å². The van der Waals surface area contributed by atoms with Crippen molar-refractivity contribution in [3.8, 4) is 11.4 Å². The van der Waals surface area contributed by atoms with Crippen LogP contribution in [0.2, 0.25) is 0 Å². The van der Waals surface area contributed by atoms with Crippen molar-refractivity contribution in [1.29, 1.82) is 0 Å². The van der Waals surface area contributed by atoms with E-state index in [0.29, 0.717) is 11.0 Å². The number of aryl methyl sites for hydroxylation is 1. The van der Waals surface area contributed by atoms with Crippen LogP contribution in [0, 0.1) is 6.92 Å². The molecule has 7 heteroatoms. The highest BCUT2D eigenvalue weighted by atomic mass is 32.2. The van der Waals surface area contributed by atoms with Gasteiger partial charge in [0, 0.05) is 18.7 Å². The van der Waals surface area contributed by atoms with Crippen LogP contribution in [0.25, 0.3) is 11.4 Å².